The first-order valence-corrected chi connectivity index (χ1v) is 8.98. The monoisotopic (exact) mass is 385 g/mol. The van der Waals surface area contributed by atoms with Gasteiger partial charge in [-0.3, -0.25) is 15.1 Å². The molecule has 0 amide bonds. The molecule has 2 aliphatic heterocycles. The van der Waals surface area contributed by atoms with E-state index in [4.69, 9.17) is 9.73 Å². The molecule has 0 radical (unpaired) electrons. The van der Waals surface area contributed by atoms with Gasteiger partial charge in [-0.25, -0.2) is 4.79 Å². The molecule has 27 heavy (non-hydrogen) atoms. The maximum Gasteiger partial charge on any atom is 0.343 e. The van der Waals surface area contributed by atoms with E-state index in [-0.39, 0.29) is 18.3 Å². The zero-order chi connectivity index (χ0) is 19.0. The Bertz CT molecular complexity index is 945. The minimum absolute atomic E-state index is 0.0586. The maximum absolute atomic E-state index is 11.2. The van der Waals surface area contributed by atoms with Gasteiger partial charge in [-0.2, -0.15) is 0 Å². The lowest BCUT2D eigenvalue weighted by molar-refractivity contribution is -0.384. The molecule has 0 N–H and O–H groups in total. The number of fused-ring (bicyclic) bond motifs is 3. The van der Waals surface area contributed by atoms with Gasteiger partial charge < -0.3 is 14.4 Å². The summed E-state index contributed by atoms with van der Waals surface area (Å²) in [5.74, 6) is 0.166. The molecule has 1 atom stereocenters. The molecule has 0 saturated carbocycles. The summed E-state index contributed by atoms with van der Waals surface area (Å²) in [4.78, 5) is 29.5. The Hall–Kier alpha value is -3.07. The van der Waals surface area contributed by atoms with Crippen molar-refractivity contribution < 1.29 is 19.2 Å². The van der Waals surface area contributed by atoms with Gasteiger partial charge in [0.25, 0.3) is 5.69 Å². The maximum atomic E-state index is 11.2. The minimum atomic E-state index is -0.431. The largest absolute Gasteiger partial charge is 0.482 e. The Labute approximate surface area is 158 Å². The van der Waals surface area contributed by atoms with Crippen molar-refractivity contribution in [3.8, 4) is 5.75 Å². The van der Waals surface area contributed by atoms with Crippen LogP contribution in [0.25, 0.3) is 0 Å². The summed E-state index contributed by atoms with van der Waals surface area (Å²) in [6, 6.07) is 12.1. The zero-order valence-corrected chi connectivity index (χ0v) is 15.1. The van der Waals surface area contributed by atoms with Crippen molar-refractivity contribution in [2.75, 3.05) is 25.2 Å². The van der Waals surface area contributed by atoms with Gasteiger partial charge in [-0.05, 0) is 47.7 Å². The lowest BCUT2D eigenvalue weighted by atomic mass is 10.1. The molecule has 2 heterocycles. The summed E-state index contributed by atoms with van der Waals surface area (Å²) >= 11 is 1.54. The topological polar surface area (TPSA) is 94.3 Å². The Morgan fingerprint density at radius 3 is 2.81 bits per heavy atom. The third-order valence-electron chi connectivity index (χ3n) is 4.35. The van der Waals surface area contributed by atoms with Gasteiger partial charge in [0.1, 0.15) is 5.75 Å². The van der Waals surface area contributed by atoms with Crippen molar-refractivity contribution >= 4 is 34.3 Å². The molecular formula is C18H15N3O5S. The summed E-state index contributed by atoms with van der Waals surface area (Å²) in [6.07, 6.45) is 0. The van der Waals surface area contributed by atoms with Crippen LogP contribution in [0, 0.1) is 10.1 Å². The minimum Gasteiger partial charge on any atom is -0.482 e. The highest BCUT2D eigenvalue weighted by atomic mass is 32.2. The molecule has 9 heteroatoms. The van der Waals surface area contributed by atoms with Gasteiger partial charge in [0.2, 0.25) is 0 Å². The predicted molar refractivity (Wildman–Crippen MR) is 100 cm³/mol. The molecule has 2 aliphatic rings. The number of anilines is 1. The Morgan fingerprint density at radius 2 is 2.11 bits per heavy atom. The third kappa shape index (κ3) is 3.33. The Kier molecular flexibility index (Phi) is 4.44. The number of hydrogen-bond donors (Lipinski definition) is 0. The number of esters is 1. The molecular weight excluding hydrogens is 370 g/mol. The van der Waals surface area contributed by atoms with Crippen molar-refractivity contribution in [1.29, 1.82) is 0 Å². The second-order valence-electron chi connectivity index (χ2n) is 5.98. The van der Waals surface area contributed by atoms with Gasteiger partial charge >= 0.3 is 5.97 Å². The highest BCUT2D eigenvalue weighted by Gasteiger charge is 2.35. The van der Waals surface area contributed by atoms with E-state index >= 15 is 0 Å². The highest BCUT2D eigenvalue weighted by molar-refractivity contribution is 8.14. The predicted octanol–water partition coefficient (Wildman–Crippen LogP) is 3.17. The first kappa shape index (κ1) is 17.3. The number of benzene rings is 2. The van der Waals surface area contributed by atoms with Gasteiger partial charge in [-0.15, -0.1) is 0 Å². The SMILES string of the molecule is COC(=O)COc1ccc2c(c1)SC1=NC(c3ccc([N+](=O)[O-])cc3)CN12. The van der Waals surface area contributed by atoms with E-state index in [2.05, 4.69) is 9.64 Å². The number of methoxy groups -OCH3 is 1. The van der Waals surface area contributed by atoms with Crippen LogP contribution in [0.3, 0.4) is 0 Å². The van der Waals surface area contributed by atoms with Crippen molar-refractivity contribution in [3.63, 3.8) is 0 Å². The van der Waals surface area contributed by atoms with E-state index in [1.807, 2.05) is 18.2 Å². The number of ether oxygens (including phenoxy) is 2. The molecule has 8 nitrogen and oxygen atoms in total. The quantitative estimate of drug-likeness (QED) is 0.443. The summed E-state index contributed by atoms with van der Waals surface area (Å²) in [5.41, 5.74) is 2.06. The number of non-ortho nitro benzene ring substituents is 1. The van der Waals surface area contributed by atoms with Crippen molar-refractivity contribution in [2.24, 2.45) is 4.99 Å². The number of nitrogens with zero attached hydrogens (tertiary/aromatic N) is 3. The smallest absolute Gasteiger partial charge is 0.343 e. The van der Waals surface area contributed by atoms with Gasteiger partial charge in [-0.1, -0.05) is 0 Å². The molecule has 138 valence electrons. The molecule has 2 aromatic carbocycles. The molecule has 0 aliphatic carbocycles. The molecule has 0 bridgehead atoms. The fourth-order valence-electron chi connectivity index (χ4n) is 2.96. The normalized spacial score (nSPS) is 17.1. The Balaban J connectivity index is 1.48. The number of rotatable bonds is 5. The van der Waals surface area contributed by atoms with Crippen LogP contribution in [0.1, 0.15) is 11.6 Å². The number of aliphatic imine (C=N–C) groups is 1. The number of hydrogen-bond acceptors (Lipinski definition) is 8. The van der Waals surface area contributed by atoms with Crippen LogP contribution in [0.15, 0.2) is 52.4 Å². The summed E-state index contributed by atoms with van der Waals surface area (Å²) in [5, 5.41) is 11.7. The number of thioether (sulfide) groups is 1. The van der Waals surface area contributed by atoms with Crippen LogP contribution in [0.4, 0.5) is 11.4 Å². The van der Waals surface area contributed by atoms with Gasteiger partial charge in [0.15, 0.2) is 11.8 Å². The lowest BCUT2D eigenvalue weighted by Crippen LogP contribution is -2.21. The summed E-state index contributed by atoms with van der Waals surface area (Å²) in [7, 11) is 1.32. The van der Waals surface area contributed by atoms with Crippen LogP contribution >= 0.6 is 11.8 Å². The average Bonchev–Trinajstić information content (AvgIpc) is 3.23. The summed E-state index contributed by atoms with van der Waals surface area (Å²) < 4.78 is 9.99. The Morgan fingerprint density at radius 1 is 1.33 bits per heavy atom. The fourth-order valence-corrected chi connectivity index (χ4v) is 4.08. The van der Waals surface area contributed by atoms with Crippen LogP contribution in [-0.4, -0.2) is 36.3 Å². The average molecular weight is 385 g/mol. The summed E-state index contributed by atoms with van der Waals surface area (Å²) in [6.45, 7) is 0.544. The lowest BCUT2D eigenvalue weighted by Gasteiger charge is -2.15. The molecule has 0 fully saturated rings. The highest BCUT2D eigenvalue weighted by Crippen LogP contribution is 2.46. The second-order valence-corrected chi connectivity index (χ2v) is 6.99. The number of carbonyl (C=O) groups excluding carboxylic acids is 1. The molecule has 0 aromatic heterocycles. The van der Waals surface area contributed by atoms with E-state index in [1.165, 1.54) is 31.0 Å². The van der Waals surface area contributed by atoms with Crippen LogP contribution < -0.4 is 9.64 Å². The third-order valence-corrected chi connectivity index (χ3v) is 5.40. The van der Waals surface area contributed by atoms with E-state index in [1.54, 1.807) is 12.1 Å². The first-order chi connectivity index (χ1) is 13.0. The van der Waals surface area contributed by atoms with Crippen LogP contribution in [-0.2, 0) is 9.53 Å². The number of nitro groups is 1. The molecule has 0 saturated heterocycles. The number of amidine groups is 1. The fraction of sp³-hybridized carbons (Fsp3) is 0.222. The second kappa shape index (κ2) is 6.92. The van der Waals surface area contributed by atoms with Crippen molar-refractivity contribution in [3.05, 3.63) is 58.1 Å². The van der Waals surface area contributed by atoms with Crippen LogP contribution in [0.5, 0.6) is 5.75 Å². The van der Waals surface area contributed by atoms with E-state index < -0.39 is 10.9 Å². The molecule has 1 unspecified atom stereocenters. The van der Waals surface area contributed by atoms with Crippen molar-refractivity contribution in [1.82, 2.24) is 0 Å². The van der Waals surface area contributed by atoms with Crippen molar-refractivity contribution in [2.45, 2.75) is 10.9 Å². The van der Waals surface area contributed by atoms with E-state index in [0.717, 1.165) is 21.3 Å². The van der Waals surface area contributed by atoms with Gasteiger partial charge in [0, 0.05) is 17.0 Å². The van der Waals surface area contributed by atoms with Crippen LogP contribution in [0.2, 0.25) is 0 Å². The number of carbonyl (C=O) groups is 1. The molecule has 2 aromatic rings. The number of nitro benzene ring substituents is 1. The first-order valence-electron chi connectivity index (χ1n) is 8.16. The van der Waals surface area contributed by atoms with Gasteiger partial charge in [0.05, 0.1) is 30.3 Å². The van der Waals surface area contributed by atoms with E-state index in [0.29, 0.717) is 12.3 Å². The van der Waals surface area contributed by atoms with E-state index in [9.17, 15) is 14.9 Å². The molecule has 4 rings (SSSR count). The zero-order valence-electron chi connectivity index (χ0n) is 14.3. The standard InChI is InChI=1S/C18H15N3O5S/c1-25-17(22)10-26-13-6-7-15-16(8-13)27-18-19-14(9-20(15)18)11-2-4-12(5-3-11)21(23)24/h2-8,14H,9-10H2,1H3. The molecule has 0 spiro atoms.